The van der Waals surface area contributed by atoms with Gasteiger partial charge in [0.1, 0.15) is 0 Å². The average Bonchev–Trinajstić information content (AvgIpc) is 1.87. The molecule has 0 bridgehead atoms. The summed E-state index contributed by atoms with van der Waals surface area (Å²) in [6.45, 7) is 5.95. The second-order valence-corrected chi connectivity index (χ2v) is 3.23. The van der Waals surface area contributed by atoms with Gasteiger partial charge >= 0.3 is 0 Å². The third kappa shape index (κ3) is 3.62. The molecule has 0 spiro atoms. The van der Waals surface area contributed by atoms with Crippen LogP contribution in [0.5, 0.6) is 0 Å². The van der Waals surface area contributed by atoms with Gasteiger partial charge in [-0.25, -0.2) is 0 Å². The highest BCUT2D eigenvalue weighted by Gasteiger charge is 1.88. The monoisotopic (exact) mass is 201 g/mol. The summed E-state index contributed by atoms with van der Waals surface area (Å²) in [5.41, 5.74) is 2.18. The first-order valence-corrected chi connectivity index (χ1v) is 3.89. The van der Waals surface area contributed by atoms with Crippen molar-refractivity contribution in [2.75, 3.05) is 0 Å². The Kier molecular flexibility index (Phi) is 4.28. The van der Waals surface area contributed by atoms with Crippen molar-refractivity contribution in [2.45, 2.75) is 20.8 Å². The van der Waals surface area contributed by atoms with Gasteiger partial charge in [-0.15, -0.1) is 0 Å². The van der Waals surface area contributed by atoms with E-state index < -0.39 is 0 Å². The van der Waals surface area contributed by atoms with E-state index in [4.69, 9.17) is 5.41 Å². The number of nitrogens with one attached hydrogen (secondary N) is 1. The van der Waals surface area contributed by atoms with E-state index in [0.29, 0.717) is 0 Å². The summed E-state index contributed by atoms with van der Waals surface area (Å²) >= 11 is 3.38. The van der Waals surface area contributed by atoms with Gasteiger partial charge in [0.05, 0.1) is 0 Å². The molecule has 2 heteroatoms. The SMILES string of the molecule is CC(C)=C(Br)/C=C(/C)C=N. The standard InChI is InChI=1S/C8H12BrN/c1-6(2)8(9)4-7(3)5-10/h4-5,10H,1-3H3/b7-4-,10-5?. The van der Waals surface area contributed by atoms with Gasteiger partial charge in [0.15, 0.2) is 0 Å². The fourth-order valence-corrected chi connectivity index (χ4v) is 0.747. The van der Waals surface area contributed by atoms with E-state index in [2.05, 4.69) is 15.9 Å². The Morgan fingerprint density at radius 3 is 2.10 bits per heavy atom. The molecule has 10 heavy (non-hydrogen) atoms. The van der Waals surface area contributed by atoms with Crippen LogP contribution in [-0.4, -0.2) is 6.21 Å². The molecule has 0 aromatic heterocycles. The maximum absolute atomic E-state index is 6.91. The van der Waals surface area contributed by atoms with Crippen molar-refractivity contribution in [1.29, 1.82) is 5.41 Å². The van der Waals surface area contributed by atoms with Crippen LogP contribution < -0.4 is 0 Å². The first-order chi connectivity index (χ1) is 4.57. The number of hydrogen-bond acceptors (Lipinski definition) is 1. The highest BCUT2D eigenvalue weighted by atomic mass is 79.9. The van der Waals surface area contributed by atoms with Crippen LogP contribution in [0, 0.1) is 5.41 Å². The van der Waals surface area contributed by atoms with Crippen molar-refractivity contribution >= 4 is 22.1 Å². The molecule has 0 heterocycles. The fourth-order valence-electron chi connectivity index (χ4n) is 0.386. The molecule has 0 fully saturated rings. The fraction of sp³-hybridized carbons (Fsp3) is 0.375. The second kappa shape index (κ2) is 4.45. The third-order valence-corrected chi connectivity index (χ3v) is 2.08. The molecular formula is C8H12BrN. The van der Waals surface area contributed by atoms with E-state index in [9.17, 15) is 0 Å². The van der Waals surface area contributed by atoms with Crippen LogP contribution in [0.15, 0.2) is 21.7 Å². The molecule has 1 nitrogen and oxygen atoms in total. The first-order valence-electron chi connectivity index (χ1n) is 3.09. The van der Waals surface area contributed by atoms with Gasteiger partial charge in [-0.3, -0.25) is 0 Å². The Morgan fingerprint density at radius 1 is 1.30 bits per heavy atom. The van der Waals surface area contributed by atoms with Gasteiger partial charge in [-0.1, -0.05) is 21.5 Å². The summed E-state index contributed by atoms with van der Waals surface area (Å²) in [5, 5.41) is 6.91. The van der Waals surface area contributed by atoms with E-state index in [1.807, 2.05) is 26.8 Å². The summed E-state index contributed by atoms with van der Waals surface area (Å²) in [6, 6.07) is 0. The van der Waals surface area contributed by atoms with Gasteiger partial charge < -0.3 is 5.41 Å². The Morgan fingerprint density at radius 2 is 1.80 bits per heavy atom. The predicted octanol–water partition coefficient (Wildman–Crippen LogP) is 3.27. The molecule has 56 valence electrons. The lowest BCUT2D eigenvalue weighted by molar-refractivity contribution is 1.37. The first kappa shape index (κ1) is 9.63. The zero-order chi connectivity index (χ0) is 8.15. The number of halogens is 1. The van der Waals surface area contributed by atoms with Crippen molar-refractivity contribution < 1.29 is 0 Å². The van der Waals surface area contributed by atoms with Crippen LogP contribution in [0.1, 0.15) is 20.8 Å². The number of rotatable bonds is 2. The summed E-state index contributed by atoms with van der Waals surface area (Å²) in [6.07, 6.45) is 3.27. The maximum atomic E-state index is 6.91. The molecule has 0 aromatic rings. The van der Waals surface area contributed by atoms with Crippen LogP contribution in [0.4, 0.5) is 0 Å². The zero-order valence-electron chi connectivity index (χ0n) is 6.53. The van der Waals surface area contributed by atoms with Crippen molar-refractivity contribution in [3.05, 3.63) is 21.7 Å². The van der Waals surface area contributed by atoms with Crippen LogP contribution in [0.25, 0.3) is 0 Å². The average molecular weight is 202 g/mol. The van der Waals surface area contributed by atoms with E-state index in [1.165, 1.54) is 11.8 Å². The summed E-state index contributed by atoms with van der Waals surface area (Å²) in [5.74, 6) is 0. The molecule has 0 amide bonds. The van der Waals surface area contributed by atoms with Crippen molar-refractivity contribution in [3.63, 3.8) is 0 Å². The Bertz CT molecular complexity index is 185. The third-order valence-electron chi connectivity index (χ3n) is 1.06. The summed E-state index contributed by atoms with van der Waals surface area (Å²) in [4.78, 5) is 0. The highest BCUT2D eigenvalue weighted by molar-refractivity contribution is 9.11. The topological polar surface area (TPSA) is 23.9 Å². The van der Waals surface area contributed by atoms with E-state index in [0.717, 1.165) is 10.1 Å². The minimum atomic E-state index is 0.952. The van der Waals surface area contributed by atoms with Gasteiger partial charge in [-0.2, -0.15) is 0 Å². The van der Waals surface area contributed by atoms with Crippen molar-refractivity contribution in [1.82, 2.24) is 0 Å². The molecule has 0 radical (unpaired) electrons. The molecule has 0 aromatic carbocycles. The van der Waals surface area contributed by atoms with E-state index in [1.54, 1.807) is 0 Å². The number of hydrogen-bond donors (Lipinski definition) is 1. The molecule has 0 saturated heterocycles. The van der Waals surface area contributed by atoms with Crippen LogP contribution in [0.3, 0.4) is 0 Å². The predicted molar refractivity (Wildman–Crippen MR) is 49.8 cm³/mol. The molecule has 0 unspecified atom stereocenters. The lowest BCUT2D eigenvalue weighted by Crippen LogP contribution is -1.76. The Labute approximate surface area is 70.5 Å². The molecule has 1 N–H and O–H groups in total. The summed E-state index contributed by atoms with van der Waals surface area (Å²) in [7, 11) is 0. The van der Waals surface area contributed by atoms with Crippen LogP contribution in [0.2, 0.25) is 0 Å². The largest absolute Gasteiger partial charge is 0.308 e. The van der Waals surface area contributed by atoms with Gasteiger partial charge in [0.2, 0.25) is 0 Å². The molecule has 0 aliphatic heterocycles. The van der Waals surface area contributed by atoms with E-state index in [-0.39, 0.29) is 0 Å². The molecule has 0 aliphatic rings. The zero-order valence-corrected chi connectivity index (χ0v) is 8.12. The van der Waals surface area contributed by atoms with Gasteiger partial charge in [0.25, 0.3) is 0 Å². The molecule has 0 saturated carbocycles. The maximum Gasteiger partial charge on any atom is 0.0207 e. The molecule has 0 atom stereocenters. The van der Waals surface area contributed by atoms with E-state index >= 15 is 0 Å². The number of allylic oxidation sites excluding steroid dienone is 4. The second-order valence-electron chi connectivity index (χ2n) is 2.38. The van der Waals surface area contributed by atoms with Crippen LogP contribution in [-0.2, 0) is 0 Å². The molecular weight excluding hydrogens is 190 g/mol. The quantitative estimate of drug-likeness (QED) is 0.524. The molecule has 0 rings (SSSR count). The molecule has 0 aliphatic carbocycles. The van der Waals surface area contributed by atoms with Gasteiger partial charge in [0, 0.05) is 10.7 Å². The normalized spacial score (nSPS) is 11.0. The Balaban J connectivity index is 4.42. The lowest BCUT2D eigenvalue weighted by Gasteiger charge is -1.93. The Hall–Kier alpha value is -0.370. The van der Waals surface area contributed by atoms with Gasteiger partial charge in [-0.05, 0) is 32.4 Å². The lowest BCUT2D eigenvalue weighted by atomic mass is 10.2. The van der Waals surface area contributed by atoms with Crippen molar-refractivity contribution in [2.24, 2.45) is 0 Å². The minimum absolute atomic E-state index is 0.952. The highest BCUT2D eigenvalue weighted by Crippen LogP contribution is 2.13. The smallest absolute Gasteiger partial charge is 0.0207 e. The summed E-state index contributed by atoms with van der Waals surface area (Å²) < 4.78 is 1.06. The minimum Gasteiger partial charge on any atom is -0.308 e. The van der Waals surface area contributed by atoms with Crippen LogP contribution >= 0.6 is 15.9 Å². The van der Waals surface area contributed by atoms with Crippen molar-refractivity contribution in [3.8, 4) is 0 Å².